The van der Waals surface area contributed by atoms with E-state index in [9.17, 15) is 5.11 Å². The molecule has 0 aliphatic heterocycles. The average Bonchev–Trinajstić information content (AvgIpc) is 3.64. The third kappa shape index (κ3) is 8.09. The first-order chi connectivity index (χ1) is 19.9. The average molecular weight is 630 g/mol. The maximum atomic E-state index is 10.1. The molecule has 2 aliphatic rings. The first-order valence-corrected chi connectivity index (χ1v) is 24.0. The highest BCUT2D eigenvalue weighted by Gasteiger charge is 2.36. The first-order valence-electron chi connectivity index (χ1n) is 15.8. The molecule has 232 valence electrons. The van der Waals surface area contributed by atoms with Crippen molar-refractivity contribution >= 4 is 38.9 Å². The molecule has 2 unspecified atom stereocenters. The molecule has 0 amide bonds. The van der Waals surface area contributed by atoms with E-state index in [4.69, 9.17) is 19.6 Å². The second kappa shape index (κ2) is 13.2. The van der Waals surface area contributed by atoms with Crippen molar-refractivity contribution in [1.29, 1.82) is 0 Å². The summed E-state index contributed by atoms with van der Waals surface area (Å²) >= 11 is 1.51. The highest BCUT2D eigenvalue weighted by Crippen LogP contribution is 2.48. The highest BCUT2D eigenvalue weighted by atomic mass is 32.1. The number of aliphatic hydroxyl groups is 1. The Morgan fingerprint density at radius 1 is 0.976 bits per heavy atom. The minimum absolute atomic E-state index is 0.452. The van der Waals surface area contributed by atoms with E-state index in [1.807, 2.05) is 16.9 Å². The van der Waals surface area contributed by atoms with Gasteiger partial charge in [0.25, 0.3) is 0 Å². The van der Waals surface area contributed by atoms with Crippen molar-refractivity contribution in [3.63, 3.8) is 0 Å². The van der Waals surface area contributed by atoms with E-state index in [1.165, 1.54) is 43.4 Å². The van der Waals surface area contributed by atoms with Crippen molar-refractivity contribution in [2.75, 3.05) is 31.6 Å². The number of nitrogens with zero attached hydrogens (tertiary/aromatic N) is 5. The Morgan fingerprint density at radius 2 is 1.60 bits per heavy atom. The van der Waals surface area contributed by atoms with E-state index in [2.05, 4.69) is 55.2 Å². The molecule has 11 heteroatoms. The third-order valence-corrected chi connectivity index (χ3v) is 13.3. The standard InChI is InChI=1S/C31H51N5O3SSi2/c1-22(37)31-32-19-28(40-31)26-18-33-36-29(17-27(34-30(26)36)25-15-23-8-9-24(14-23)16-25)35(20-38-10-12-41(2,3)4)21-39-11-13-42(5,6)7/h17-19,22-25,37H,8-16,20-21H2,1-7H3/t22?,23-,24?,25+/m0/s1. The van der Waals surface area contributed by atoms with Crippen LogP contribution in [0.25, 0.3) is 16.1 Å². The Hall–Kier alpha value is -1.64. The van der Waals surface area contributed by atoms with Gasteiger partial charge in [-0.3, -0.25) is 0 Å². The first kappa shape index (κ1) is 31.8. The second-order valence-corrected chi connectivity index (χ2v) is 27.3. The summed E-state index contributed by atoms with van der Waals surface area (Å²) in [5, 5.41) is 15.7. The lowest BCUT2D eigenvalue weighted by Gasteiger charge is -2.30. The minimum atomic E-state index is -1.20. The lowest BCUT2D eigenvalue weighted by atomic mass is 9.79. The molecule has 2 aliphatic carbocycles. The van der Waals surface area contributed by atoms with E-state index < -0.39 is 22.3 Å². The summed E-state index contributed by atoms with van der Waals surface area (Å²) in [4.78, 5) is 13.0. The molecule has 4 atom stereocenters. The minimum Gasteiger partial charge on any atom is -0.386 e. The smallest absolute Gasteiger partial charge is 0.166 e. The van der Waals surface area contributed by atoms with Gasteiger partial charge in [-0.25, -0.2) is 9.97 Å². The maximum absolute atomic E-state index is 10.1. The van der Waals surface area contributed by atoms with Crippen molar-refractivity contribution in [2.24, 2.45) is 11.8 Å². The maximum Gasteiger partial charge on any atom is 0.166 e. The summed E-state index contributed by atoms with van der Waals surface area (Å²) < 4.78 is 14.6. The summed E-state index contributed by atoms with van der Waals surface area (Å²) in [6.45, 7) is 18.5. The van der Waals surface area contributed by atoms with Gasteiger partial charge in [-0.2, -0.15) is 9.61 Å². The van der Waals surface area contributed by atoms with Gasteiger partial charge in [0.1, 0.15) is 30.4 Å². The van der Waals surface area contributed by atoms with Crippen molar-refractivity contribution in [3.05, 3.63) is 29.2 Å². The van der Waals surface area contributed by atoms with Gasteiger partial charge >= 0.3 is 0 Å². The monoisotopic (exact) mass is 629 g/mol. The molecule has 2 fully saturated rings. The van der Waals surface area contributed by atoms with Gasteiger partial charge < -0.3 is 19.5 Å². The van der Waals surface area contributed by atoms with Crippen LogP contribution >= 0.6 is 11.3 Å². The van der Waals surface area contributed by atoms with Crippen LogP contribution in [0.1, 0.15) is 61.8 Å². The predicted octanol–water partition coefficient (Wildman–Crippen LogP) is 7.63. The number of aliphatic hydroxyl groups excluding tert-OH is 1. The molecular weight excluding hydrogens is 579 g/mol. The summed E-state index contributed by atoms with van der Waals surface area (Å²) in [7, 11) is -2.41. The topological polar surface area (TPSA) is 85.0 Å². The number of hydrogen-bond acceptors (Lipinski definition) is 8. The van der Waals surface area contributed by atoms with Gasteiger partial charge in [-0.15, -0.1) is 11.3 Å². The van der Waals surface area contributed by atoms with Gasteiger partial charge in [-0.1, -0.05) is 52.1 Å². The summed E-state index contributed by atoms with van der Waals surface area (Å²) in [5.41, 5.74) is 2.96. The van der Waals surface area contributed by atoms with Gasteiger partial charge in [0, 0.05) is 53.2 Å². The number of aromatic nitrogens is 4. The summed E-state index contributed by atoms with van der Waals surface area (Å²) in [6.07, 6.45) is 9.68. The molecule has 0 radical (unpaired) electrons. The fourth-order valence-corrected chi connectivity index (χ4v) is 8.58. The highest BCUT2D eigenvalue weighted by molar-refractivity contribution is 7.15. The number of anilines is 1. The SMILES string of the molecule is CC(O)c1ncc(-c2cnn3c(N(COCC[Si](C)(C)C)COCC[Si](C)(C)C)cc([C@H]4CC5CC[C@@H](C5)C4)nc23)s1. The number of fused-ring (bicyclic) bond motifs is 3. The van der Waals surface area contributed by atoms with Crippen LogP contribution in [0.3, 0.4) is 0 Å². The van der Waals surface area contributed by atoms with Crippen LogP contribution < -0.4 is 4.90 Å². The van der Waals surface area contributed by atoms with Gasteiger partial charge in [0.2, 0.25) is 0 Å². The largest absolute Gasteiger partial charge is 0.386 e. The molecule has 2 saturated carbocycles. The molecular formula is C31H51N5O3SSi2. The Balaban J connectivity index is 1.50. The van der Waals surface area contributed by atoms with Crippen LogP contribution in [0.5, 0.6) is 0 Å². The Kier molecular flexibility index (Phi) is 9.95. The zero-order valence-electron chi connectivity index (χ0n) is 26.7. The molecule has 0 aromatic carbocycles. The molecule has 0 saturated heterocycles. The Bertz CT molecular complexity index is 1300. The number of hydrogen-bond donors (Lipinski definition) is 1. The van der Waals surface area contributed by atoms with E-state index in [-0.39, 0.29) is 0 Å². The van der Waals surface area contributed by atoms with Gasteiger partial charge in [-0.05, 0) is 50.1 Å². The van der Waals surface area contributed by atoms with Crippen molar-refractivity contribution in [1.82, 2.24) is 19.6 Å². The molecule has 5 rings (SSSR count). The number of rotatable bonds is 14. The predicted molar refractivity (Wildman–Crippen MR) is 178 cm³/mol. The van der Waals surface area contributed by atoms with Crippen LogP contribution in [0.15, 0.2) is 18.5 Å². The van der Waals surface area contributed by atoms with Crippen LogP contribution in [-0.2, 0) is 9.47 Å². The Labute approximate surface area is 257 Å². The molecule has 3 aromatic heterocycles. The van der Waals surface area contributed by atoms with Crippen LogP contribution in [0.2, 0.25) is 51.4 Å². The normalized spacial score (nSPS) is 21.8. The van der Waals surface area contributed by atoms with Gasteiger partial charge in [0.15, 0.2) is 5.65 Å². The molecule has 3 aromatic rings. The lowest BCUT2D eigenvalue weighted by molar-refractivity contribution is 0.0942. The number of ether oxygens (including phenoxy) is 2. The molecule has 1 N–H and O–H groups in total. The quantitative estimate of drug-likeness (QED) is 0.111. The third-order valence-electron chi connectivity index (χ3n) is 8.73. The van der Waals surface area contributed by atoms with Gasteiger partial charge in [0.05, 0.1) is 16.6 Å². The molecule has 0 spiro atoms. The van der Waals surface area contributed by atoms with Crippen molar-refractivity contribution in [3.8, 4) is 10.4 Å². The molecule has 2 bridgehead atoms. The van der Waals surface area contributed by atoms with E-state index in [1.54, 1.807) is 6.92 Å². The number of thiazole rings is 1. The second-order valence-electron chi connectivity index (χ2n) is 15.0. The molecule has 8 nitrogen and oxygen atoms in total. The fourth-order valence-electron chi connectivity index (χ4n) is 6.20. The molecule has 3 heterocycles. The van der Waals surface area contributed by atoms with Crippen molar-refractivity contribution in [2.45, 2.75) is 102 Å². The van der Waals surface area contributed by atoms with Crippen LogP contribution in [0, 0.1) is 11.8 Å². The van der Waals surface area contributed by atoms with Crippen LogP contribution in [0.4, 0.5) is 5.82 Å². The fraction of sp³-hybridized carbons (Fsp3) is 0.710. The summed E-state index contributed by atoms with van der Waals surface area (Å²) in [5.74, 6) is 3.07. The zero-order valence-corrected chi connectivity index (χ0v) is 29.5. The molecule has 42 heavy (non-hydrogen) atoms. The summed E-state index contributed by atoms with van der Waals surface area (Å²) in [6, 6.07) is 4.51. The van der Waals surface area contributed by atoms with Crippen molar-refractivity contribution < 1.29 is 14.6 Å². The zero-order chi connectivity index (χ0) is 30.1. The Morgan fingerprint density at radius 3 is 2.14 bits per heavy atom. The van der Waals surface area contributed by atoms with E-state index in [0.717, 1.165) is 64.7 Å². The van der Waals surface area contributed by atoms with Crippen LogP contribution in [-0.4, -0.2) is 67.5 Å². The lowest BCUT2D eigenvalue weighted by Crippen LogP contribution is -2.33. The van der Waals surface area contributed by atoms with E-state index >= 15 is 0 Å². The van der Waals surface area contributed by atoms with E-state index in [0.29, 0.717) is 24.4 Å².